The zero-order valence-electron chi connectivity index (χ0n) is 11.0. The summed E-state index contributed by atoms with van der Waals surface area (Å²) < 4.78 is 5.46. The third-order valence-electron chi connectivity index (χ3n) is 3.56. The molecule has 19 heavy (non-hydrogen) atoms. The molecule has 1 aliphatic rings. The zero-order chi connectivity index (χ0) is 13.8. The quantitative estimate of drug-likeness (QED) is 0.931. The summed E-state index contributed by atoms with van der Waals surface area (Å²) in [5, 5.41) is 11.4. The van der Waals surface area contributed by atoms with E-state index < -0.39 is 6.10 Å². The van der Waals surface area contributed by atoms with Gasteiger partial charge in [-0.1, -0.05) is 29.3 Å². The molecule has 1 heterocycles. The van der Waals surface area contributed by atoms with Crippen molar-refractivity contribution in [2.45, 2.75) is 25.5 Å². The average molecular weight is 304 g/mol. The monoisotopic (exact) mass is 303 g/mol. The average Bonchev–Trinajstić information content (AvgIpc) is 2.55. The van der Waals surface area contributed by atoms with E-state index in [4.69, 9.17) is 27.9 Å². The first-order valence-corrected chi connectivity index (χ1v) is 7.28. The first kappa shape index (κ1) is 15.1. The predicted molar refractivity (Wildman–Crippen MR) is 77.9 cm³/mol. The Balaban J connectivity index is 2.04. The molecule has 0 saturated carbocycles. The van der Waals surface area contributed by atoms with Gasteiger partial charge in [0.2, 0.25) is 0 Å². The molecule has 5 heteroatoms. The van der Waals surface area contributed by atoms with Crippen molar-refractivity contribution in [1.82, 2.24) is 4.90 Å². The number of benzene rings is 1. The van der Waals surface area contributed by atoms with Gasteiger partial charge in [-0.25, -0.2) is 0 Å². The summed E-state index contributed by atoms with van der Waals surface area (Å²) in [5.41, 5.74) is 0.725. The number of ether oxygens (including phenoxy) is 1. The fourth-order valence-electron chi connectivity index (χ4n) is 2.30. The van der Waals surface area contributed by atoms with E-state index >= 15 is 0 Å². The molecule has 1 fully saturated rings. The minimum absolute atomic E-state index is 0.406. The van der Waals surface area contributed by atoms with Gasteiger partial charge in [-0.3, -0.25) is 4.90 Å². The van der Waals surface area contributed by atoms with Crippen molar-refractivity contribution in [1.29, 1.82) is 0 Å². The Labute approximate surface area is 124 Å². The molecule has 0 aromatic heterocycles. The van der Waals surface area contributed by atoms with Gasteiger partial charge >= 0.3 is 0 Å². The molecule has 0 radical (unpaired) electrons. The topological polar surface area (TPSA) is 32.7 Å². The number of hydrogen-bond acceptors (Lipinski definition) is 3. The Hall–Kier alpha value is -0.320. The highest BCUT2D eigenvalue weighted by Crippen LogP contribution is 2.27. The lowest BCUT2D eigenvalue weighted by Gasteiger charge is -2.28. The van der Waals surface area contributed by atoms with Crippen molar-refractivity contribution in [3.05, 3.63) is 33.8 Å². The Morgan fingerprint density at radius 2 is 2.21 bits per heavy atom. The van der Waals surface area contributed by atoms with Crippen LogP contribution in [0.4, 0.5) is 0 Å². The normalized spacial score (nSPS) is 23.1. The lowest BCUT2D eigenvalue weighted by Crippen LogP contribution is -2.37. The largest absolute Gasteiger partial charge is 0.387 e. The summed E-state index contributed by atoms with van der Waals surface area (Å²) in [6.07, 6.45) is 0.381. The molecule has 106 valence electrons. The second kappa shape index (κ2) is 6.91. The van der Waals surface area contributed by atoms with E-state index in [9.17, 15) is 5.11 Å². The summed E-state index contributed by atoms with van der Waals surface area (Å²) in [6, 6.07) is 5.61. The zero-order valence-corrected chi connectivity index (χ0v) is 12.5. The molecule has 2 unspecified atom stereocenters. The van der Waals surface area contributed by atoms with Crippen LogP contribution in [0.1, 0.15) is 25.0 Å². The summed E-state index contributed by atoms with van der Waals surface area (Å²) in [6.45, 7) is 5.06. The number of aliphatic hydroxyl groups is 1. The van der Waals surface area contributed by atoms with Crippen molar-refractivity contribution in [3.63, 3.8) is 0 Å². The van der Waals surface area contributed by atoms with Gasteiger partial charge in [0.25, 0.3) is 0 Å². The Morgan fingerprint density at radius 3 is 2.95 bits per heavy atom. The van der Waals surface area contributed by atoms with Crippen LogP contribution in [0.15, 0.2) is 18.2 Å². The third kappa shape index (κ3) is 4.07. The maximum atomic E-state index is 10.3. The number of β-amino-alcohol motifs (C(OH)–C–C–N with tert-alkyl or cyclic N) is 1. The first-order valence-electron chi connectivity index (χ1n) is 6.52. The van der Waals surface area contributed by atoms with E-state index in [-0.39, 0.29) is 0 Å². The molecule has 1 N–H and O–H groups in total. The van der Waals surface area contributed by atoms with Gasteiger partial charge in [-0.05, 0) is 25.5 Å². The van der Waals surface area contributed by atoms with Crippen molar-refractivity contribution in [3.8, 4) is 0 Å². The minimum atomic E-state index is -0.606. The van der Waals surface area contributed by atoms with E-state index in [1.54, 1.807) is 18.2 Å². The first-order chi connectivity index (χ1) is 9.08. The molecule has 1 saturated heterocycles. The van der Waals surface area contributed by atoms with Crippen molar-refractivity contribution in [2.24, 2.45) is 0 Å². The summed E-state index contributed by atoms with van der Waals surface area (Å²) in [4.78, 5) is 2.24. The molecule has 2 atom stereocenters. The van der Waals surface area contributed by atoms with Crippen LogP contribution in [0.25, 0.3) is 0 Å². The maximum absolute atomic E-state index is 10.3. The SMILES string of the molecule is CC1CCOCCN1CC(O)c1ccc(Cl)cc1Cl. The minimum Gasteiger partial charge on any atom is -0.387 e. The molecule has 2 rings (SSSR count). The highest BCUT2D eigenvalue weighted by molar-refractivity contribution is 6.35. The van der Waals surface area contributed by atoms with E-state index in [0.717, 1.165) is 25.1 Å². The Kier molecular flexibility index (Phi) is 5.48. The predicted octanol–water partition coefficient (Wildman–Crippen LogP) is 3.14. The molecule has 1 aromatic rings. The van der Waals surface area contributed by atoms with E-state index in [0.29, 0.717) is 29.2 Å². The smallest absolute Gasteiger partial charge is 0.0931 e. The molecular formula is C14H19Cl2NO2. The van der Waals surface area contributed by atoms with Gasteiger partial charge in [-0.2, -0.15) is 0 Å². The standard InChI is InChI=1S/C14H19Cl2NO2/c1-10-4-6-19-7-5-17(10)9-14(18)12-3-2-11(15)8-13(12)16/h2-3,8,10,14,18H,4-7,9H2,1H3. The van der Waals surface area contributed by atoms with Crippen molar-refractivity contribution >= 4 is 23.2 Å². The summed E-state index contributed by atoms with van der Waals surface area (Å²) >= 11 is 12.0. The highest BCUT2D eigenvalue weighted by Gasteiger charge is 2.21. The fraction of sp³-hybridized carbons (Fsp3) is 0.571. The van der Waals surface area contributed by atoms with Crippen molar-refractivity contribution < 1.29 is 9.84 Å². The van der Waals surface area contributed by atoms with Gasteiger partial charge in [0.05, 0.1) is 12.7 Å². The fourth-order valence-corrected chi connectivity index (χ4v) is 2.84. The molecule has 1 aromatic carbocycles. The van der Waals surface area contributed by atoms with Gasteiger partial charge in [0.15, 0.2) is 0 Å². The van der Waals surface area contributed by atoms with E-state index in [1.165, 1.54) is 0 Å². The molecule has 3 nitrogen and oxygen atoms in total. The van der Waals surface area contributed by atoms with Gasteiger partial charge in [0, 0.05) is 41.3 Å². The van der Waals surface area contributed by atoms with Crippen LogP contribution >= 0.6 is 23.2 Å². The van der Waals surface area contributed by atoms with Crippen LogP contribution in [-0.4, -0.2) is 42.4 Å². The van der Waals surface area contributed by atoms with Crippen LogP contribution in [0, 0.1) is 0 Å². The number of hydrogen-bond donors (Lipinski definition) is 1. The molecule has 0 bridgehead atoms. The number of nitrogens with zero attached hydrogens (tertiary/aromatic N) is 1. The van der Waals surface area contributed by atoms with Crippen LogP contribution in [0.3, 0.4) is 0 Å². The number of halogens is 2. The van der Waals surface area contributed by atoms with Crippen LogP contribution in [0.2, 0.25) is 10.0 Å². The molecular weight excluding hydrogens is 285 g/mol. The number of rotatable bonds is 3. The number of aliphatic hydroxyl groups excluding tert-OH is 1. The second-order valence-corrected chi connectivity index (χ2v) is 5.77. The summed E-state index contributed by atoms with van der Waals surface area (Å²) in [7, 11) is 0. The maximum Gasteiger partial charge on any atom is 0.0931 e. The van der Waals surface area contributed by atoms with Crippen LogP contribution in [0.5, 0.6) is 0 Å². The molecule has 1 aliphatic heterocycles. The van der Waals surface area contributed by atoms with Gasteiger partial charge in [-0.15, -0.1) is 0 Å². The van der Waals surface area contributed by atoms with Gasteiger partial charge < -0.3 is 9.84 Å². The third-order valence-corrected chi connectivity index (χ3v) is 4.12. The Morgan fingerprint density at radius 1 is 1.42 bits per heavy atom. The van der Waals surface area contributed by atoms with E-state index in [2.05, 4.69) is 11.8 Å². The van der Waals surface area contributed by atoms with Gasteiger partial charge in [0.1, 0.15) is 0 Å². The van der Waals surface area contributed by atoms with Crippen LogP contribution in [-0.2, 0) is 4.74 Å². The second-order valence-electron chi connectivity index (χ2n) is 4.93. The van der Waals surface area contributed by atoms with E-state index in [1.807, 2.05) is 0 Å². The summed E-state index contributed by atoms with van der Waals surface area (Å²) in [5.74, 6) is 0. The molecule has 0 amide bonds. The highest BCUT2D eigenvalue weighted by atomic mass is 35.5. The molecule has 0 aliphatic carbocycles. The van der Waals surface area contributed by atoms with Crippen molar-refractivity contribution in [2.75, 3.05) is 26.3 Å². The van der Waals surface area contributed by atoms with Crippen LogP contribution < -0.4 is 0 Å². The Bertz CT molecular complexity index is 428. The molecule has 0 spiro atoms. The lowest BCUT2D eigenvalue weighted by atomic mass is 10.1. The lowest BCUT2D eigenvalue weighted by molar-refractivity contribution is 0.0884.